The summed E-state index contributed by atoms with van der Waals surface area (Å²) in [6.45, 7) is 2.14. The minimum absolute atomic E-state index is 0.0370. The van der Waals surface area contributed by atoms with Crippen LogP contribution in [-0.2, 0) is 13.0 Å². The van der Waals surface area contributed by atoms with Crippen molar-refractivity contribution in [2.24, 2.45) is 4.99 Å². The SMILES string of the molecule is O=C(Cc1cccc2c1C=NC2)c1cc(N2CCC(n3c(=O)[nH]c4ncccc43)CC2)ncn1. The van der Waals surface area contributed by atoms with Crippen molar-refractivity contribution in [2.45, 2.75) is 31.8 Å². The Hall–Kier alpha value is -4.14. The molecular weight excluding hydrogens is 430 g/mol. The zero-order chi connectivity index (χ0) is 23.1. The van der Waals surface area contributed by atoms with Gasteiger partial charge in [0.1, 0.15) is 17.8 Å². The largest absolute Gasteiger partial charge is 0.356 e. The zero-order valence-electron chi connectivity index (χ0n) is 18.5. The normalized spacial score (nSPS) is 15.7. The highest BCUT2D eigenvalue weighted by Gasteiger charge is 2.25. The summed E-state index contributed by atoms with van der Waals surface area (Å²) < 4.78 is 1.82. The van der Waals surface area contributed by atoms with Gasteiger partial charge >= 0.3 is 5.69 Å². The Bertz CT molecular complexity index is 1480. The summed E-state index contributed by atoms with van der Waals surface area (Å²) in [5.41, 5.74) is 4.92. The number of pyridine rings is 1. The number of rotatable bonds is 5. The van der Waals surface area contributed by atoms with Gasteiger partial charge in [-0.1, -0.05) is 18.2 Å². The molecule has 1 aromatic carbocycles. The van der Waals surface area contributed by atoms with Crippen LogP contribution in [-0.4, -0.2) is 49.6 Å². The van der Waals surface area contributed by atoms with Crippen LogP contribution in [0.5, 0.6) is 0 Å². The van der Waals surface area contributed by atoms with Crippen LogP contribution in [0.4, 0.5) is 5.82 Å². The van der Waals surface area contributed by atoms with E-state index in [1.807, 2.05) is 41.1 Å². The van der Waals surface area contributed by atoms with E-state index in [1.54, 1.807) is 12.3 Å². The lowest BCUT2D eigenvalue weighted by Gasteiger charge is -2.33. The molecule has 9 heteroatoms. The molecule has 2 aliphatic heterocycles. The van der Waals surface area contributed by atoms with Crippen LogP contribution in [0.3, 0.4) is 0 Å². The smallest absolute Gasteiger partial charge is 0.327 e. The first-order chi connectivity index (χ1) is 16.7. The van der Waals surface area contributed by atoms with Gasteiger partial charge in [0.15, 0.2) is 11.4 Å². The van der Waals surface area contributed by atoms with Crippen LogP contribution in [0.1, 0.15) is 46.1 Å². The summed E-state index contributed by atoms with van der Waals surface area (Å²) in [5.74, 6) is 0.703. The van der Waals surface area contributed by atoms with Gasteiger partial charge in [-0.05, 0) is 36.1 Å². The van der Waals surface area contributed by atoms with Crippen molar-refractivity contribution < 1.29 is 4.79 Å². The Morgan fingerprint density at radius 1 is 1.09 bits per heavy atom. The lowest BCUT2D eigenvalue weighted by atomic mass is 9.98. The molecule has 0 amide bonds. The molecule has 4 aromatic rings. The molecule has 0 unspecified atom stereocenters. The third-order valence-electron chi connectivity index (χ3n) is 6.70. The van der Waals surface area contributed by atoms with Crippen LogP contribution < -0.4 is 10.6 Å². The fourth-order valence-electron chi connectivity index (χ4n) is 4.97. The predicted octanol–water partition coefficient (Wildman–Crippen LogP) is 2.71. The first-order valence-corrected chi connectivity index (χ1v) is 11.4. The number of piperidine rings is 1. The fourth-order valence-corrected chi connectivity index (χ4v) is 4.97. The maximum Gasteiger partial charge on any atom is 0.327 e. The van der Waals surface area contributed by atoms with Crippen molar-refractivity contribution in [3.05, 3.63) is 81.8 Å². The van der Waals surface area contributed by atoms with E-state index in [9.17, 15) is 9.59 Å². The molecule has 1 fully saturated rings. The number of carbonyl (C=O) groups is 1. The predicted molar refractivity (Wildman–Crippen MR) is 129 cm³/mol. The number of carbonyl (C=O) groups excluding carboxylic acids is 1. The van der Waals surface area contributed by atoms with Crippen molar-refractivity contribution in [1.29, 1.82) is 0 Å². The van der Waals surface area contributed by atoms with Crippen molar-refractivity contribution in [2.75, 3.05) is 18.0 Å². The number of nitrogens with one attached hydrogen (secondary N) is 1. The fraction of sp³-hybridized carbons (Fsp3) is 0.280. The second kappa shape index (κ2) is 8.33. The topological polar surface area (TPSA) is 109 Å². The summed E-state index contributed by atoms with van der Waals surface area (Å²) in [6, 6.07) is 11.6. The molecule has 5 heterocycles. The number of benzene rings is 1. The molecule has 3 aromatic heterocycles. The summed E-state index contributed by atoms with van der Waals surface area (Å²) in [5, 5.41) is 0. The molecule has 0 spiro atoms. The molecule has 0 bridgehead atoms. The van der Waals surface area contributed by atoms with Gasteiger partial charge in [0.25, 0.3) is 0 Å². The maximum absolute atomic E-state index is 13.0. The molecule has 0 saturated carbocycles. The number of aromatic nitrogens is 5. The van der Waals surface area contributed by atoms with Gasteiger partial charge in [0, 0.05) is 49.6 Å². The van der Waals surface area contributed by atoms with Crippen LogP contribution in [0.25, 0.3) is 11.2 Å². The second-order valence-corrected chi connectivity index (χ2v) is 8.71. The van der Waals surface area contributed by atoms with Crippen LogP contribution in [0.15, 0.2) is 58.7 Å². The Morgan fingerprint density at radius 2 is 1.97 bits per heavy atom. The molecule has 0 radical (unpaired) electrons. The minimum atomic E-state index is -0.125. The minimum Gasteiger partial charge on any atom is -0.356 e. The summed E-state index contributed by atoms with van der Waals surface area (Å²) in [7, 11) is 0. The Balaban J connectivity index is 1.17. The molecule has 170 valence electrons. The van der Waals surface area contributed by atoms with Gasteiger partial charge in [-0.2, -0.15) is 0 Å². The average molecular weight is 454 g/mol. The summed E-state index contributed by atoms with van der Waals surface area (Å²) in [6.07, 6.45) is 6.86. The molecule has 2 aliphatic rings. The van der Waals surface area contributed by atoms with E-state index in [0.29, 0.717) is 17.9 Å². The van der Waals surface area contributed by atoms with Gasteiger partial charge in [-0.3, -0.25) is 19.3 Å². The number of nitrogens with zero attached hydrogens (tertiary/aromatic N) is 6. The van der Waals surface area contributed by atoms with E-state index in [4.69, 9.17) is 0 Å². The third kappa shape index (κ3) is 3.59. The number of H-pyrrole nitrogens is 1. The number of aromatic amines is 1. The molecule has 1 N–H and O–H groups in total. The van der Waals surface area contributed by atoms with E-state index in [1.165, 1.54) is 6.33 Å². The molecule has 34 heavy (non-hydrogen) atoms. The number of hydrogen-bond donors (Lipinski definition) is 1. The van der Waals surface area contributed by atoms with Crippen molar-refractivity contribution in [1.82, 2.24) is 24.5 Å². The van der Waals surface area contributed by atoms with Gasteiger partial charge < -0.3 is 4.90 Å². The lowest BCUT2D eigenvalue weighted by molar-refractivity contribution is 0.0988. The standard InChI is InChI=1S/C25H23N7O2/c33-22(11-16-3-1-4-17-13-26-14-19(16)17)20-12-23(29-15-28-20)31-9-6-18(7-10-31)32-21-5-2-8-27-24(21)30-25(32)34/h1-5,8,12,14-15,18H,6-7,9-11,13H2,(H,27,30,34). The second-order valence-electron chi connectivity index (χ2n) is 8.71. The summed E-state index contributed by atoms with van der Waals surface area (Å²) >= 11 is 0. The maximum atomic E-state index is 13.0. The highest BCUT2D eigenvalue weighted by Crippen LogP contribution is 2.27. The van der Waals surface area contributed by atoms with Crippen molar-refractivity contribution in [3.63, 3.8) is 0 Å². The number of hydrogen-bond acceptors (Lipinski definition) is 7. The van der Waals surface area contributed by atoms with Crippen LogP contribution in [0.2, 0.25) is 0 Å². The number of fused-ring (bicyclic) bond motifs is 2. The van der Waals surface area contributed by atoms with Crippen LogP contribution in [0, 0.1) is 0 Å². The highest BCUT2D eigenvalue weighted by atomic mass is 16.1. The number of aliphatic imine (C=N–C) groups is 1. The van der Waals surface area contributed by atoms with E-state index in [-0.39, 0.29) is 23.9 Å². The van der Waals surface area contributed by atoms with E-state index < -0.39 is 0 Å². The van der Waals surface area contributed by atoms with Gasteiger partial charge in [-0.15, -0.1) is 0 Å². The zero-order valence-corrected chi connectivity index (χ0v) is 18.5. The Kier molecular flexibility index (Phi) is 5.01. The quantitative estimate of drug-likeness (QED) is 0.466. The van der Waals surface area contributed by atoms with E-state index in [2.05, 4.69) is 29.8 Å². The number of anilines is 1. The van der Waals surface area contributed by atoms with E-state index in [0.717, 1.165) is 54.0 Å². The lowest BCUT2D eigenvalue weighted by Crippen LogP contribution is -2.37. The average Bonchev–Trinajstić information content (AvgIpc) is 3.48. The van der Waals surface area contributed by atoms with Gasteiger partial charge in [0.2, 0.25) is 0 Å². The van der Waals surface area contributed by atoms with Crippen molar-refractivity contribution in [3.8, 4) is 0 Å². The first kappa shape index (κ1) is 20.5. The summed E-state index contributed by atoms with van der Waals surface area (Å²) in [4.78, 5) is 47.8. The van der Waals surface area contributed by atoms with Gasteiger partial charge in [0.05, 0.1) is 12.1 Å². The first-order valence-electron chi connectivity index (χ1n) is 11.4. The number of ketones is 1. The molecule has 9 nitrogen and oxygen atoms in total. The monoisotopic (exact) mass is 453 g/mol. The van der Waals surface area contributed by atoms with Gasteiger partial charge in [-0.25, -0.2) is 19.7 Å². The Labute approximate surface area is 195 Å². The Morgan fingerprint density at radius 3 is 2.85 bits per heavy atom. The molecular formula is C25H23N7O2. The number of Topliss-reactive ketones (excluding diaryl/α,β-unsaturated/α-hetero) is 1. The molecule has 1 saturated heterocycles. The van der Waals surface area contributed by atoms with Crippen molar-refractivity contribution >= 4 is 29.0 Å². The molecule has 0 aliphatic carbocycles. The highest BCUT2D eigenvalue weighted by molar-refractivity contribution is 5.98. The third-order valence-corrected chi connectivity index (χ3v) is 6.70. The van der Waals surface area contributed by atoms with E-state index >= 15 is 0 Å². The van der Waals surface area contributed by atoms with Crippen LogP contribution >= 0.6 is 0 Å². The number of imidazole rings is 1. The molecule has 0 atom stereocenters. The molecule has 6 rings (SSSR count).